The van der Waals surface area contributed by atoms with Crippen LogP contribution < -0.4 is 0 Å². The minimum absolute atomic E-state index is 0. The molecule has 1 radical (unpaired) electrons. The molecule has 169 valence electrons. The second kappa shape index (κ2) is 13.5. The van der Waals surface area contributed by atoms with Crippen LogP contribution in [0.2, 0.25) is 0 Å². The molecule has 4 rings (SSSR count). The van der Waals surface area contributed by atoms with E-state index in [1.807, 2.05) is 0 Å². The molecule has 2 N–H and O–H groups in total. The zero-order valence-electron chi connectivity index (χ0n) is 18.7. The van der Waals surface area contributed by atoms with Crippen LogP contribution in [-0.4, -0.2) is 43.3 Å². The van der Waals surface area contributed by atoms with E-state index in [0.717, 1.165) is 17.7 Å². The first-order valence-electron chi connectivity index (χ1n) is 11.1. The van der Waals surface area contributed by atoms with Gasteiger partial charge < -0.3 is 5.48 Å². The number of halogens is 1. The number of benzene rings is 4. The van der Waals surface area contributed by atoms with Crippen molar-refractivity contribution in [2.45, 2.75) is 17.7 Å². The number of rotatable bonds is 10. The van der Waals surface area contributed by atoms with E-state index in [-0.39, 0.29) is 5.48 Å². The Labute approximate surface area is 213 Å². The van der Waals surface area contributed by atoms with Gasteiger partial charge in [-0.1, -0.05) is 0 Å². The molecular formula is C28H30ClO2Sn2. The molecule has 0 aliphatic carbocycles. The summed E-state index contributed by atoms with van der Waals surface area (Å²) in [5.41, 5.74) is 5.36. The van der Waals surface area contributed by atoms with E-state index in [4.69, 9.17) is 10.3 Å². The van der Waals surface area contributed by atoms with Crippen molar-refractivity contribution in [2.75, 3.05) is 0 Å². The summed E-state index contributed by atoms with van der Waals surface area (Å²) >= 11 is -5.80. The van der Waals surface area contributed by atoms with Gasteiger partial charge >= 0.3 is 209 Å². The molecule has 0 bridgehead atoms. The van der Waals surface area contributed by atoms with Gasteiger partial charge in [0.15, 0.2) is 0 Å². The van der Waals surface area contributed by atoms with Crippen LogP contribution in [0.1, 0.15) is 22.3 Å². The van der Waals surface area contributed by atoms with Crippen molar-refractivity contribution in [1.29, 1.82) is 0 Å². The van der Waals surface area contributed by atoms with Crippen LogP contribution in [0.4, 0.5) is 0 Å². The van der Waals surface area contributed by atoms with Crippen molar-refractivity contribution in [3.8, 4) is 0 Å². The summed E-state index contributed by atoms with van der Waals surface area (Å²) in [6.07, 6.45) is 0. The van der Waals surface area contributed by atoms with E-state index >= 15 is 0 Å². The molecule has 0 spiro atoms. The molecule has 0 atom stereocenters. The van der Waals surface area contributed by atoms with Gasteiger partial charge in [0.1, 0.15) is 0 Å². The van der Waals surface area contributed by atoms with Gasteiger partial charge in [-0.3, -0.25) is 0 Å². The quantitative estimate of drug-likeness (QED) is 0.192. The Morgan fingerprint density at radius 3 is 1.15 bits per heavy atom. The SMILES string of the molecule is O.[Cl][Sn]([CH2]c1ccccc1)([CH2]c1ccccc1)[O][Sn]([CH2]c1ccccc1)[CH2]c1ccccc1. The summed E-state index contributed by atoms with van der Waals surface area (Å²) in [4.78, 5) is 0. The van der Waals surface area contributed by atoms with Gasteiger partial charge in [0.05, 0.1) is 0 Å². The molecule has 0 aromatic heterocycles. The molecule has 0 aliphatic rings. The van der Waals surface area contributed by atoms with E-state index in [2.05, 4.69) is 121 Å². The molecule has 4 aromatic rings. The van der Waals surface area contributed by atoms with Crippen LogP contribution >= 0.6 is 8.92 Å². The van der Waals surface area contributed by atoms with Crippen LogP contribution in [-0.2, 0) is 19.2 Å². The fourth-order valence-electron chi connectivity index (χ4n) is 3.98. The first-order valence-corrected chi connectivity index (χ1v) is 25.1. The third-order valence-corrected chi connectivity index (χ3v) is 35.0. The van der Waals surface area contributed by atoms with Crippen molar-refractivity contribution in [3.05, 3.63) is 144 Å². The Kier molecular flexibility index (Phi) is 10.8. The van der Waals surface area contributed by atoms with Gasteiger partial charge in [-0.25, -0.2) is 0 Å². The predicted molar refractivity (Wildman–Crippen MR) is 143 cm³/mol. The van der Waals surface area contributed by atoms with E-state index < -0.39 is 37.8 Å². The summed E-state index contributed by atoms with van der Waals surface area (Å²) in [5.74, 6) is 0. The molecule has 33 heavy (non-hydrogen) atoms. The molecule has 4 aromatic carbocycles. The number of hydrogen-bond acceptors (Lipinski definition) is 1. The Morgan fingerprint density at radius 2 is 0.818 bits per heavy atom. The van der Waals surface area contributed by atoms with Crippen LogP contribution in [0.3, 0.4) is 0 Å². The molecule has 0 aliphatic heterocycles. The minimum atomic E-state index is -3.46. The molecule has 0 heterocycles. The monoisotopic (exact) mass is 673 g/mol. The van der Waals surface area contributed by atoms with Gasteiger partial charge in [-0.15, -0.1) is 0 Å². The maximum absolute atomic E-state index is 7.57. The van der Waals surface area contributed by atoms with Crippen molar-refractivity contribution >= 4 is 46.8 Å². The topological polar surface area (TPSA) is 40.7 Å². The zero-order valence-corrected chi connectivity index (χ0v) is 25.1. The Bertz CT molecular complexity index is 981. The maximum atomic E-state index is 7.57. The van der Waals surface area contributed by atoms with Crippen molar-refractivity contribution in [3.63, 3.8) is 0 Å². The third-order valence-electron chi connectivity index (χ3n) is 5.44. The molecule has 0 saturated carbocycles. The second-order valence-corrected chi connectivity index (χ2v) is 29.4. The fourth-order valence-corrected chi connectivity index (χ4v) is 38.2. The Morgan fingerprint density at radius 1 is 0.515 bits per heavy atom. The summed E-state index contributed by atoms with van der Waals surface area (Å²) in [6, 6.07) is 42.9. The molecule has 0 saturated heterocycles. The van der Waals surface area contributed by atoms with Crippen LogP contribution in [0.25, 0.3) is 0 Å². The zero-order chi connectivity index (χ0) is 22.1. The van der Waals surface area contributed by atoms with Crippen LogP contribution in [0.15, 0.2) is 121 Å². The van der Waals surface area contributed by atoms with E-state index in [9.17, 15) is 0 Å². The predicted octanol–water partition coefficient (Wildman–Crippen LogP) is 5.98. The van der Waals surface area contributed by atoms with Crippen molar-refractivity contribution in [2.24, 2.45) is 0 Å². The Balaban J connectivity index is 0.00000306. The summed E-state index contributed by atoms with van der Waals surface area (Å²) < 4.78 is 11.2. The Hall–Kier alpha value is -1.31. The molecule has 0 unspecified atom stereocenters. The normalized spacial score (nSPS) is 11.2. The summed E-state index contributed by atoms with van der Waals surface area (Å²) in [6.45, 7) is 0. The van der Waals surface area contributed by atoms with Crippen molar-refractivity contribution < 1.29 is 6.89 Å². The average molecular weight is 671 g/mol. The molecule has 0 fully saturated rings. The summed E-state index contributed by atoms with van der Waals surface area (Å²) in [5, 5.41) is 0. The summed E-state index contributed by atoms with van der Waals surface area (Å²) in [7, 11) is 7.57. The molecule has 2 nitrogen and oxygen atoms in total. The first-order chi connectivity index (χ1) is 15.7. The van der Waals surface area contributed by atoms with Gasteiger partial charge in [-0.05, 0) is 0 Å². The van der Waals surface area contributed by atoms with Crippen molar-refractivity contribution in [1.82, 2.24) is 0 Å². The second-order valence-electron chi connectivity index (χ2n) is 8.17. The van der Waals surface area contributed by atoms with Gasteiger partial charge in [0.25, 0.3) is 0 Å². The number of hydrogen-bond donors (Lipinski definition) is 0. The molecular weight excluding hydrogens is 641 g/mol. The van der Waals surface area contributed by atoms with Gasteiger partial charge in [-0.2, -0.15) is 0 Å². The first kappa shape index (κ1) is 26.3. The van der Waals surface area contributed by atoms with E-state index in [1.165, 1.54) is 22.3 Å². The average Bonchev–Trinajstić information content (AvgIpc) is 2.81. The standard InChI is InChI=1S/4C7H7.ClH.H2O.O.2Sn/c4*1-7-5-3-2-4-6-7;;;;;/h4*2-6H,1H2;1H;1H2;;;/q;;;;;;;;+1/p-1. The molecule has 5 heteroatoms. The van der Waals surface area contributed by atoms with Crippen LogP contribution in [0.5, 0.6) is 0 Å². The molecule has 0 amide bonds. The van der Waals surface area contributed by atoms with Gasteiger partial charge in [0, 0.05) is 0 Å². The van der Waals surface area contributed by atoms with Crippen LogP contribution in [0, 0.1) is 0 Å². The van der Waals surface area contributed by atoms with E-state index in [1.54, 1.807) is 0 Å². The van der Waals surface area contributed by atoms with E-state index in [0.29, 0.717) is 0 Å². The third kappa shape index (κ3) is 8.76. The fraction of sp³-hybridized carbons (Fsp3) is 0.143. The van der Waals surface area contributed by atoms with Gasteiger partial charge in [0.2, 0.25) is 0 Å².